The lowest BCUT2D eigenvalue weighted by Crippen LogP contribution is -2.11. The van der Waals surface area contributed by atoms with E-state index in [-0.39, 0.29) is 0 Å². The molecular weight excluding hydrogens is 789 g/mol. The van der Waals surface area contributed by atoms with Gasteiger partial charge in [-0.15, -0.1) is 0 Å². The van der Waals surface area contributed by atoms with Crippen molar-refractivity contribution in [3.63, 3.8) is 0 Å². The van der Waals surface area contributed by atoms with Crippen molar-refractivity contribution in [2.24, 2.45) is 0 Å². The van der Waals surface area contributed by atoms with E-state index >= 15 is 0 Å². The molecule has 0 fully saturated rings. The summed E-state index contributed by atoms with van der Waals surface area (Å²) >= 11 is 0. The molecule has 0 radical (unpaired) electrons. The van der Waals surface area contributed by atoms with Gasteiger partial charge in [0.25, 0.3) is 0 Å². The minimum atomic E-state index is 0.942. The van der Waals surface area contributed by atoms with Crippen molar-refractivity contribution in [3.05, 3.63) is 236 Å². The fraction of sp³-hybridized carbons (Fsp3) is 0.0323. The number of nitrogens with zero attached hydrogens (tertiary/aromatic N) is 2. The van der Waals surface area contributed by atoms with Crippen LogP contribution in [0.25, 0.3) is 99.5 Å². The van der Waals surface area contributed by atoms with Gasteiger partial charge < -0.3 is 13.9 Å². The maximum absolute atomic E-state index is 6.33. The molecule has 306 valence electrons. The maximum atomic E-state index is 6.33. The molecule has 0 atom stereocenters. The van der Waals surface area contributed by atoms with Gasteiger partial charge in [-0.1, -0.05) is 164 Å². The molecule has 1 aliphatic rings. The standard InChI is InChI=1S/C62H42N2O/c1-2-14-42(15-3-1)52-20-6-9-24-57(52)63(47-33-30-41(31-34-47)44-32-36-51-46(38-44)29-28-43-16-4-5-19-50(43)51)48-18-12-17-45(39-48)53-23-13-26-59-62(53)55-22-7-10-25-58(55)64(59)49-35-37-61-56(40-49)54-21-8-11-27-60(54)65-61/h1-10,12-26,28-40H,11,27H2. The van der Waals surface area contributed by atoms with Gasteiger partial charge in [0.05, 0.1) is 16.7 Å². The van der Waals surface area contributed by atoms with Gasteiger partial charge in [0.2, 0.25) is 0 Å². The monoisotopic (exact) mass is 830 g/mol. The second-order valence-corrected chi connectivity index (χ2v) is 17.2. The Morgan fingerprint density at radius 3 is 2.08 bits per heavy atom. The summed E-state index contributed by atoms with van der Waals surface area (Å²) in [5.74, 6) is 1.08. The first-order chi connectivity index (χ1) is 32.2. The summed E-state index contributed by atoms with van der Waals surface area (Å²) in [4.78, 5) is 2.42. The van der Waals surface area contributed by atoms with Crippen LogP contribution in [0.4, 0.5) is 17.1 Å². The Kier molecular flexibility index (Phi) is 8.67. The number of furan rings is 1. The lowest BCUT2D eigenvalue weighted by atomic mass is 9.96. The third kappa shape index (κ3) is 6.19. The highest BCUT2D eigenvalue weighted by atomic mass is 16.3. The fourth-order valence-electron chi connectivity index (χ4n) is 10.4. The lowest BCUT2D eigenvalue weighted by molar-refractivity contribution is 0.546. The Labute approximate surface area is 377 Å². The first-order valence-corrected chi connectivity index (χ1v) is 22.5. The van der Waals surface area contributed by atoms with Gasteiger partial charge >= 0.3 is 0 Å². The van der Waals surface area contributed by atoms with Gasteiger partial charge in [-0.25, -0.2) is 0 Å². The number of hydrogen-bond donors (Lipinski definition) is 0. The second kappa shape index (κ2) is 15.1. The van der Waals surface area contributed by atoms with E-state index in [4.69, 9.17) is 4.42 Å². The normalized spacial score (nSPS) is 12.4. The highest BCUT2D eigenvalue weighted by Gasteiger charge is 2.22. The van der Waals surface area contributed by atoms with Crippen LogP contribution in [0, 0.1) is 0 Å². The van der Waals surface area contributed by atoms with Gasteiger partial charge in [-0.2, -0.15) is 0 Å². The van der Waals surface area contributed by atoms with E-state index in [9.17, 15) is 0 Å². The highest BCUT2D eigenvalue weighted by molar-refractivity contribution is 6.16. The van der Waals surface area contributed by atoms with Crippen molar-refractivity contribution in [1.29, 1.82) is 0 Å². The molecule has 0 bridgehead atoms. The maximum Gasteiger partial charge on any atom is 0.135 e. The Bertz CT molecular complexity index is 3830. The number of benzene rings is 10. The van der Waals surface area contributed by atoms with Crippen molar-refractivity contribution in [2.75, 3.05) is 4.90 Å². The van der Waals surface area contributed by atoms with Crippen LogP contribution in [-0.4, -0.2) is 4.57 Å². The Morgan fingerprint density at radius 2 is 1.15 bits per heavy atom. The van der Waals surface area contributed by atoms with Crippen LogP contribution in [0.2, 0.25) is 0 Å². The number of anilines is 3. The first-order valence-electron chi connectivity index (χ1n) is 22.5. The molecule has 0 N–H and O–H groups in total. The fourth-order valence-corrected chi connectivity index (χ4v) is 10.4. The molecule has 0 unspecified atom stereocenters. The second-order valence-electron chi connectivity index (χ2n) is 17.2. The number of allylic oxidation sites excluding steroid dienone is 1. The summed E-state index contributed by atoms with van der Waals surface area (Å²) < 4.78 is 8.75. The van der Waals surface area contributed by atoms with Crippen LogP contribution in [-0.2, 0) is 6.42 Å². The van der Waals surface area contributed by atoms with E-state index < -0.39 is 0 Å². The summed E-state index contributed by atoms with van der Waals surface area (Å²) in [6.07, 6.45) is 6.45. The summed E-state index contributed by atoms with van der Waals surface area (Å²) in [6.45, 7) is 0. The molecule has 10 aromatic carbocycles. The smallest absolute Gasteiger partial charge is 0.135 e. The van der Waals surface area contributed by atoms with Crippen LogP contribution >= 0.6 is 0 Å². The van der Waals surface area contributed by atoms with E-state index in [1.165, 1.54) is 76.7 Å². The molecule has 0 saturated carbocycles. The van der Waals surface area contributed by atoms with Gasteiger partial charge in [-0.05, 0) is 123 Å². The van der Waals surface area contributed by atoms with Crippen molar-refractivity contribution in [2.45, 2.75) is 12.8 Å². The van der Waals surface area contributed by atoms with E-state index in [1.54, 1.807) is 0 Å². The van der Waals surface area contributed by atoms with Crippen LogP contribution in [0.15, 0.2) is 229 Å². The summed E-state index contributed by atoms with van der Waals surface area (Å²) in [6, 6.07) is 79.8. The third-order valence-corrected chi connectivity index (χ3v) is 13.4. The molecule has 65 heavy (non-hydrogen) atoms. The molecule has 2 heterocycles. The van der Waals surface area contributed by atoms with E-state index in [0.29, 0.717) is 0 Å². The average Bonchev–Trinajstić information content (AvgIpc) is 3.92. The first kappa shape index (κ1) is 37.2. The zero-order chi connectivity index (χ0) is 42.8. The predicted molar refractivity (Wildman–Crippen MR) is 274 cm³/mol. The van der Waals surface area contributed by atoms with E-state index in [1.807, 2.05) is 0 Å². The Hall–Kier alpha value is -8.40. The van der Waals surface area contributed by atoms with Crippen LogP contribution in [0.5, 0.6) is 0 Å². The van der Waals surface area contributed by atoms with Crippen molar-refractivity contribution in [1.82, 2.24) is 4.57 Å². The van der Waals surface area contributed by atoms with Crippen molar-refractivity contribution in [3.8, 4) is 39.1 Å². The number of aromatic nitrogens is 1. The predicted octanol–water partition coefficient (Wildman–Crippen LogP) is 17.3. The van der Waals surface area contributed by atoms with E-state index in [0.717, 1.165) is 57.9 Å². The van der Waals surface area contributed by atoms with E-state index in [2.05, 4.69) is 240 Å². The number of fused-ring (bicyclic) bond motifs is 9. The largest absolute Gasteiger partial charge is 0.460 e. The molecule has 0 aliphatic heterocycles. The average molecular weight is 831 g/mol. The lowest BCUT2D eigenvalue weighted by Gasteiger charge is -2.28. The summed E-state index contributed by atoms with van der Waals surface area (Å²) in [5.41, 5.74) is 16.0. The molecular formula is C62H42N2O. The number of rotatable bonds is 7. The molecule has 3 heteroatoms. The van der Waals surface area contributed by atoms with Gasteiger partial charge in [-0.3, -0.25) is 0 Å². The molecule has 0 spiro atoms. The van der Waals surface area contributed by atoms with Crippen LogP contribution in [0.3, 0.4) is 0 Å². The molecule has 3 nitrogen and oxygen atoms in total. The van der Waals surface area contributed by atoms with Gasteiger partial charge in [0.1, 0.15) is 11.3 Å². The van der Waals surface area contributed by atoms with Crippen molar-refractivity contribution < 1.29 is 4.42 Å². The van der Waals surface area contributed by atoms with Crippen LogP contribution < -0.4 is 4.90 Å². The zero-order valence-electron chi connectivity index (χ0n) is 35.7. The highest BCUT2D eigenvalue weighted by Crippen LogP contribution is 2.45. The summed E-state index contributed by atoms with van der Waals surface area (Å²) in [7, 11) is 0. The quantitative estimate of drug-likeness (QED) is 0.149. The SMILES string of the molecule is C1=Cc2c(oc3ccc(-n4c5ccccc5c5c(-c6cccc(N(c7ccc(-c8ccc9c(ccc%10ccccc%109)c8)cc7)c7ccccc7-c7ccccc7)c6)cccc54)cc23)CC1. The Morgan fingerprint density at radius 1 is 0.431 bits per heavy atom. The van der Waals surface area contributed by atoms with Crippen molar-refractivity contribution >= 4 is 77.5 Å². The van der Waals surface area contributed by atoms with Gasteiger partial charge in [0, 0.05) is 50.8 Å². The topological polar surface area (TPSA) is 21.3 Å². The van der Waals surface area contributed by atoms with Crippen LogP contribution in [0.1, 0.15) is 17.7 Å². The minimum Gasteiger partial charge on any atom is -0.460 e. The zero-order valence-corrected chi connectivity index (χ0v) is 35.7. The molecule has 0 saturated heterocycles. The minimum absolute atomic E-state index is 0.942. The molecule has 12 aromatic rings. The number of aryl methyl sites for hydroxylation is 1. The number of hydrogen-bond acceptors (Lipinski definition) is 2. The number of para-hydroxylation sites is 2. The van der Waals surface area contributed by atoms with Gasteiger partial charge in [0.15, 0.2) is 0 Å². The summed E-state index contributed by atoms with van der Waals surface area (Å²) in [5, 5.41) is 8.69. The third-order valence-electron chi connectivity index (χ3n) is 13.4. The Balaban J connectivity index is 0.953. The molecule has 13 rings (SSSR count). The molecule has 1 aliphatic carbocycles. The molecule has 2 aromatic heterocycles. The molecule has 0 amide bonds.